The van der Waals surface area contributed by atoms with Crippen molar-refractivity contribution in [1.82, 2.24) is 10.2 Å². The number of hydrogen-bond acceptors (Lipinski definition) is 2. The predicted molar refractivity (Wildman–Crippen MR) is 67.2 cm³/mol. The summed E-state index contributed by atoms with van der Waals surface area (Å²) in [5, 5.41) is 3.51. The van der Waals surface area contributed by atoms with Crippen molar-refractivity contribution in [3.63, 3.8) is 0 Å². The Labute approximate surface area is 95.4 Å². The molecule has 1 rings (SSSR count). The zero-order valence-electron chi connectivity index (χ0n) is 10.8. The summed E-state index contributed by atoms with van der Waals surface area (Å²) >= 11 is 0. The number of hydrogen-bond donors (Lipinski definition) is 1. The molecular formula is C13H28N2. The van der Waals surface area contributed by atoms with Gasteiger partial charge in [0, 0.05) is 12.6 Å². The molecule has 0 radical (unpaired) electrons. The maximum atomic E-state index is 3.51. The smallest absolute Gasteiger partial charge is 0.00644 e. The van der Waals surface area contributed by atoms with Gasteiger partial charge in [0.05, 0.1) is 0 Å². The van der Waals surface area contributed by atoms with E-state index in [2.05, 4.69) is 31.0 Å². The summed E-state index contributed by atoms with van der Waals surface area (Å²) in [4.78, 5) is 2.68. The Bertz CT molecular complexity index is 153. The second kappa shape index (κ2) is 7.24. The first-order chi connectivity index (χ1) is 7.27. The first kappa shape index (κ1) is 13.0. The Morgan fingerprint density at radius 2 is 2.20 bits per heavy atom. The molecule has 0 amide bonds. The molecule has 2 heteroatoms. The van der Waals surface area contributed by atoms with Crippen LogP contribution < -0.4 is 5.32 Å². The summed E-state index contributed by atoms with van der Waals surface area (Å²) in [5.41, 5.74) is 0. The maximum absolute atomic E-state index is 3.51. The molecule has 1 fully saturated rings. The molecule has 2 unspecified atom stereocenters. The van der Waals surface area contributed by atoms with E-state index in [4.69, 9.17) is 0 Å². The van der Waals surface area contributed by atoms with Gasteiger partial charge in [-0.25, -0.2) is 0 Å². The molecule has 15 heavy (non-hydrogen) atoms. The van der Waals surface area contributed by atoms with E-state index in [1.165, 1.54) is 51.9 Å². The minimum atomic E-state index is 0.756. The third-order valence-corrected chi connectivity index (χ3v) is 3.62. The highest BCUT2D eigenvalue weighted by molar-refractivity contribution is 4.75. The molecular weight excluding hydrogens is 184 g/mol. The van der Waals surface area contributed by atoms with Gasteiger partial charge in [-0.2, -0.15) is 0 Å². The highest BCUT2D eigenvalue weighted by Gasteiger charge is 2.19. The van der Waals surface area contributed by atoms with Crippen molar-refractivity contribution in [2.75, 3.05) is 26.2 Å². The molecule has 1 N–H and O–H groups in total. The van der Waals surface area contributed by atoms with Gasteiger partial charge in [-0.1, -0.05) is 13.8 Å². The largest absolute Gasteiger partial charge is 0.316 e. The van der Waals surface area contributed by atoms with Gasteiger partial charge in [-0.3, -0.25) is 0 Å². The highest BCUT2D eigenvalue weighted by Crippen LogP contribution is 2.14. The van der Waals surface area contributed by atoms with Crippen LogP contribution in [0.15, 0.2) is 0 Å². The summed E-state index contributed by atoms with van der Waals surface area (Å²) in [5.74, 6) is 0.888. The molecule has 0 aromatic rings. The average Bonchev–Trinajstić information content (AvgIpc) is 2.29. The van der Waals surface area contributed by atoms with Crippen molar-refractivity contribution in [2.45, 2.75) is 52.5 Å². The van der Waals surface area contributed by atoms with Crippen LogP contribution in [0.1, 0.15) is 46.5 Å². The summed E-state index contributed by atoms with van der Waals surface area (Å²) in [6.45, 7) is 12.0. The Balaban J connectivity index is 2.34. The summed E-state index contributed by atoms with van der Waals surface area (Å²) in [6, 6.07) is 0.756. The molecule has 2 atom stereocenters. The summed E-state index contributed by atoms with van der Waals surface area (Å²) in [6.07, 6.45) is 5.35. The van der Waals surface area contributed by atoms with Gasteiger partial charge in [0.2, 0.25) is 0 Å². The molecule has 1 saturated heterocycles. The second-order valence-electron chi connectivity index (χ2n) is 4.96. The van der Waals surface area contributed by atoms with E-state index < -0.39 is 0 Å². The van der Waals surface area contributed by atoms with Crippen LogP contribution in [-0.2, 0) is 0 Å². The van der Waals surface area contributed by atoms with Gasteiger partial charge in [-0.05, 0) is 58.2 Å². The Kier molecular flexibility index (Phi) is 6.26. The van der Waals surface area contributed by atoms with Crippen LogP contribution in [0.25, 0.3) is 0 Å². The fraction of sp³-hybridized carbons (Fsp3) is 1.00. The molecule has 0 saturated carbocycles. The number of nitrogens with one attached hydrogen (secondary N) is 1. The van der Waals surface area contributed by atoms with E-state index in [-0.39, 0.29) is 0 Å². The van der Waals surface area contributed by atoms with Gasteiger partial charge >= 0.3 is 0 Å². The summed E-state index contributed by atoms with van der Waals surface area (Å²) < 4.78 is 0. The Morgan fingerprint density at radius 3 is 2.73 bits per heavy atom. The van der Waals surface area contributed by atoms with Crippen molar-refractivity contribution >= 4 is 0 Å². The predicted octanol–water partition coefficient (Wildman–Crippen LogP) is 2.50. The van der Waals surface area contributed by atoms with Crippen molar-refractivity contribution in [3.8, 4) is 0 Å². The molecule has 0 aromatic carbocycles. The lowest BCUT2D eigenvalue weighted by Gasteiger charge is -2.33. The van der Waals surface area contributed by atoms with Crippen LogP contribution in [0, 0.1) is 5.92 Å². The molecule has 0 bridgehead atoms. The minimum Gasteiger partial charge on any atom is -0.316 e. The third-order valence-electron chi connectivity index (χ3n) is 3.62. The molecule has 1 aliphatic heterocycles. The van der Waals surface area contributed by atoms with Crippen LogP contribution in [0.4, 0.5) is 0 Å². The van der Waals surface area contributed by atoms with E-state index in [9.17, 15) is 0 Å². The van der Waals surface area contributed by atoms with Gasteiger partial charge in [0.15, 0.2) is 0 Å². The first-order valence-corrected chi connectivity index (χ1v) is 6.72. The van der Waals surface area contributed by atoms with Gasteiger partial charge in [-0.15, -0.1) is 0 Å². The molecule has 0 spiro atoms. The van der Waals surface area contributed by atoms with Crippen LogP contribution in [0.2, 0.25) is 0 Å². The van der Waals surface area contributed by atoms with E-state index in [0.29, 0.717) is 0 Å². The monoisotopic (exact) mass is 212 g/mol. The highest BCUT2D eigenvalue weighted by atomic mass is 15.2. The molecule has 0 aliphatic carbocycles. The lowest BCUT2D eigenvalue weighted by atomic mass is 9.98. The van der Waals surface area contributed by atoms with Gasteiger partial charge in [0.25, 0.3) is 0 Å². The molecule has 2 nitrogen and oxygen atoms in total. The molecule has 1 aliphatic rings. The summed E-state index contributed by atoms with van der Waals surface area (Å²) in [7, 11) is 0. The maximum Gasteiger partial charge on any atom is 0.00644 e. The Hall–Kier alpha value is -0.0800. The van der Waals surface area contributed by atoms with E-state index in [1.54, 1.807) is 0 Å². The van der Waals surface area contributed by atoms with E-state index >= 15 is 0 Å². The van der Waals surface area contributed by atoms with Gasteiger partial charge < -0.3 is 10.2 Å². The molecule has 0 aromatic heterocycles. The lowest BCUT2D eigenvalue weighted by Crippen LogP contribution is -2.42. The van der Waals surface area contributed by atoms with E-state index in [1.807, 2.05) is 0 Å². The number of nitrogens with zero attached hydrogens (tertiary/aromatic N) is 1. The minimum absolute atomic E-state index is 0.756. The SMILES string of the molecule is CCCN(CC1CCCNC1)C(C)CC. The van der Waals surface area contributed by atoms with Crippen LogP contribution in [0.3, 0.4) is 0 Å². The standard InChI is InChI=1S/C13H28N2/c1-4-9-15(12(3)5-2)11-13-7-6-8-14-10-13/h12-14H,4-11H2,1-3H3. The van der Waals surface area contributed by atoms with Crippen molar-refractivity contribution < 1.29 is 0 Å². The molecule has 1 heterocycles. The topological polar surface area (TPSA) is 15.3 Å². The lowest BCUT2D eigenvalue weighted by molar-refractivity contribution is 0.159. The van der Waals surface area contributed by atoms with Gasteiger partial charge in [0.1, 0.15) is 0 Å². The van der Waals surface area contributed by atoms with Crippen LogP contribution in [-0.4, -0.2) is 37.1 Å². The quantitative estimate of drug-likeness (QED) is 0.728. The van der Waals surface area contributed by atoms with Crippen molar-refractivity contribution in [1.29, 1.82) is 0 Å². The second-order valence-corrected chi connectivity index (χ2v) is 4.96. The fourth-order valence-corrected chi connectivity index (χ4v) is 2.45. The third kappa shape index (κ3) is 4.52. The van der Waals surface area contributed by atoms with Crippen molar-refractivity contribution in [2.24, 2.45) is 5.92 Å². The zero-order valence-corrected chi connectivity index (χ0v) is 10.8. The number of rotatable bonds is 6. The first-order valence-electron chi connectivity index (χ1n) is 6.72. The van der Waals surface area contributed by atoms with Crippen molar-refractivity contribution in [3.05, 3.63) is 0 Å². The Morgan fingerprint density at radius 1 is 1.40 bits per heavy atom. The normalized spacial score (nSPS) is 24.4. The zero-order chi connectivity index (χ0) is 11.1. The fourth-order valence-electron chi connectivity index (χ4n) is 2.45. The van der Waals surface area contributed by atoms with Crippen LogP contribution in [0.5, 0.6) is 0 Å². The molecule has 90 valence electrons. The van der Waals surface area contributed by atoms with Crippen LogP contribution >= 0.6 is 0 Å². The average molecular weight is 212 g/mol. The number of piperidine rings is 1. The van der Waals surface area contributed by atoms with E-state index in [0.717, 1.165) is 12.0 Å².